The predicted molar refractivity (Wildman–Crippen MR) is 81.8 cm³/mol. The average molecular weight is 292 g/mol. The van der Waals surface area contributed by atoms with Gasteiger partial charge in [-0.05, 0) is 38.7 Å². The van der Waals surface area contributed by atoms with E-state index < -0.39 is 0 Å². The fourth-order valence-electron chi connectivity index (χ4n) is 2.98. The highest BCUT2D eigenvalue weighted by Gasteiger charge is 2.31. The Morgan fingerprint density at radius 3 is 2.86 bits per heavy atom. The molecular formula is C16H24N2O3. The van der Waals surface area contributed by atoms with Crippen LogP contribution in [0, 0.1) is 0 Å². The summed E-state index contributed by atoms with van der Waals surface area (Å²) in [7, 11) is 5.71. The lowest BCUT2D eigenvalue weighted by molar-refractivity contribution is 0.112. The van der Waals surface area contributed by atoms with Gasteiger partial charge in [-0.25, -0.2) is 0 Å². The molecule has 1 aromatic carbocycles. The summed E-state index contributed by atoms with van der Waals surface area (Å²) in [6.07, 6.45) is 1.35. The standard InChI is InChI=1S/C16H24N2O3/c1-17(2)9-14-7-15(20)10-18(14)8-13-6-12(11-19)4-5-16(13)21-3/h4-6,11,14-15,20H,7-10H2,1-3H3. The Bertz CT molecular complexity index is 490. The van der Waals surface area contributed by atoms with Crippen LogP contribution in [0.3, 0.4) is 0 Å². The minimum Gasteiger partial charge on any atom is -0.496 e. The summed E-state index contributed by atoms with van der Waals surface area (Å²) in [5, 5.41) is 9.94. The summed E-state index contributed by atoms with van der Waals surface area (Å²) in [5.41, 5.74) is 1.63. The zero-order valence-electron chi connectivity index (χ0n) is 13.0. The van der Waals surface area contributed by atoms with Gasteiger partial charge in [0, 0.05) is 36.8 Å². The van der Waals surface area contributed by atoms with Crippen molar-refractivity contribution < 1.29 is 14.6 Å². The van der Waals surface area contributed by atoms with Crippen molar-refractivity contribution in [3.05, 3.63) is 29.3 Å². The van der Waals surface area contributed by atoms with Crippen LogP contribution < -0.4 is 4.74 Å². The largest absolute Gasteiger partial charge is 0.496 e. The Morgan fingerprint density at radius 1 is 1.48 bits per heavy atom. The molecule has 0 saturated carbocycles. The third kappa shape index (κ3) is 4.03. The first kappa shape index (κ1) is 15.9. The molecule has 0 aromatic heterocycles. The quantitative estimate of drug-likeness (QED) is 0.793. The van der Waals surface area contributed by atoms with Crippen molar-refractivity contribution in [1.82, 2.24) is 9.80 Å². The summed E-state index contributed by atoms with van der Waals surface area (Å²) >= 11 is 0. The van der Waals surface area contributed by atoms with Crippen molar-refractivity contribution in [3.63, 3.8) is 0 Å². The van der Waals surface area contributed by atoms with Crippen LogP contribution in [0.1, 0.15) is 22.3 Å². The van der Waals surface area contributed by atoms with E-state index in [0.717, 1.165) is 30.6 Å². The molecule has 2 atom stereocenters. The molecule has 0 bridgehead atoms. The molecule has 1 N–H and O–H groups in total. The summed E-state index contributed by atoms with van der Waals surface area (Å²) in [6.45, 7) is 2.25. The van der Waals surface area contributed by atoms with Gasteiger partial charge >= 0.3 is 0 Å². The normalized spacial score (nSPS) is 22.7. The minimum atomic E-state index is -0.282. The maximum atomic E-state index is 11.0. The van der Waals surface area contributed by atoms with E-state index in [9.17, 15) is 9.90 Å². The number of likely N-dealkylation sites (N-methyl/N-ethyl adjacent to an activating group) is 1. The van der Waals surface area contributed by atoms with Crippen LogP contribution >= 0.6 is 0 Å². The van der Waals surface area contributed by atoms with Crippen molar-refractivity contribution in [1.29, 1.82) is 0 Å². The second-order valence-corrected chi connectivity index (χ2v) is 5.92. The van der Waals surface area contributed by atoms with Crippen LogP contribution in [0.2, 0.25) is 0 Å². The summed E-state index contributed by atoms with van der Waals surface area (Å²) in [5.74, 6) is 0.783. The molecule has 1 fully saturated rings. The van der Waals surface area contributed by atoms with E-state index in [1.807, 2.05) is 26.2 Å². The highest BCUT2D eigenvalue weighted by molar-refractivity contribution is 5.75. The molecular weight excluding hydrogens is 268 g/mol. The number of hydrogen-bond acceptors (Lipinski definition) is 5. The maximum absolute atomic E-state index is 11.0. The van der Waals surface area contributed by atoms with Gasteiger partial charge in [-0.15, -0.1) is 0 Å². The third-order valence-corrected chi connectivity index (χ3v) is 3.90. The van der Waals surface area contributed by atoms with Crippen molar-refractivity contribution in [2.75, 3.05) is 34.3 Å². The van der Waals surface area contributed by atoms with E-state index in [-0.39, 0.29) is 6.10 Å². The number of aliphatic hydroxyl groups is 1. The second-order valence-electron chi connectivity index (χ2n) is 5.92. The first-order chi connectivity index (χ1) is 10.0. The number of benzene rings is 1. The number of rotatable bonds is 6. The number of methoxy groups -OCH3 is 1. The number of carbonyl (C=O) groups is 1. The number of β-amino-alcohol motifs (C(OH)–C–C–N with tert-alkyl or cyclic N) is 1. The molecule has 0 radical (unpaired) electrons. The van der Waals surface area contributed by atoms with Crippen molar-refractivity contribution in [3.8, 4) is 5.75 Å². The van der Waals surface area contributed by atoms with Gasteiger partial charge in [-0.2, -0.15) is 0 Å². The highest BCUT2D eigenvalue weighted by atomic mass is 16.5. The monoisotopic (exact) mass is 292 g/mol. The fourth-order valence-corrected chi connectivity index (χ4v) is 2.98. The molecule has 21 heavy (non-hydrogen) atoms. The lowest BCUT2D eigenvalue weighted by atomic mass is 10.1. The second kappa shape index (κ2) is 7.02. The number of nitrogens with zero attached hydrogens (tertiary/aromatic N) is 2. The van der Waals surface area contributed by atoms with E-state index in [4.69, 9.17) is 4.74 Å². The molecule has 0 aliphatic carbocycles. The van der Waals surface area contributed by atoms with Crippen LogP contribution in [0.5, 0.6) is 5.75 Å². The number of aldehydes is 1. The molecule has 1 saturated heterocycles. The number of carbonyl (C=O) groups excluding carboxylic acids is 1. The van der Waals surface area contributed by atoms with Gasteiger partial charge in [0.15, 0.2) is 0 Å². The van der Waals surface area contributed by atoms with Gasteiger partial charge in [0.25, 0.3) is 0 Å². The molecule has 0 amide bonds. The van der Waals surface area contributed by atoms with Gasteiger partial charge in [-0.3, -0.25) is 9.69 Å². The van der Waals surface area contributed by atoms with Crippen LogP contribution in [0.4, 0.5) is 0 Å². The van der Waals surface area contributed by atoms with Gasteiger partial charge in [0.05, 0.1) is 13.2 Å². The maximum Gasteiger partial charge on any atom is 0.150 e. The molecule has 2 unspecified atom stereocenters. The lowest BCUT2D eigenvalue weighted by Gasteiger charge is -2.27. The highest BCUT2D eigenvalue weighted by Crippen LogP contribution is 2.26. The van der Waals surface area contributed by atoms with Crippen LogP contribution in [-0.4, -0.2) is 67.6 Å². The molecule has 1 aliphatic rings. The average Bonchev–Trinajstić information content (AvgIpc) is 2.77. The number of hydrogen-bond donors (Lipinski definition) is 1. The Balaban J connectivity index is 2.17. The molecule has 1 aliphatic heterocycles. The Morgan fingerprint density at radius 2 is 2.24 bits per heavy atom. The summed E-state index contributed by atoms with van der Waals surface area (Å²) < 4.78 is 5.38. The minimum absolute atomic E-state index is 0.282. The van der Waals surface area contributed by atoms with E-state index in [2.05, 4.69) is 9.80 Å². The van der Waals surface area contributed by atoms with Gasteiger partial charge < -0.3 is 14.7 Å². The number of likely N-dealkylation sites (tertiary alicyclic amines) is 1. The molecule has 2 rings (SSSR count). The number of ether oxygens (including phenoxy) is 1. The number of aliphatic hydroxyl groups excluding tert-OH is 1. The zero-order chi connectivity index (χ0) is 15.4. The van der Waals surface area contributed by atoms with Gasteiger partial charge in [0.1, 0.15) is 12.0 Å². The van der Waals surface area contributed by atoms with Crippen molar-refractivity contribution >= 4 is 6.29 Å². The van der Waals surface area contributed by atoms with Crippen molar-refractivity contribution in [2.45, 2.75) is 25.1 Å². The van der Waals surface area contributed by atoms with Gasteiger partial charge in [-0.1, -0.05) is 0 Å². The molecule has 5 heteroatoms. The topological polar surface area (TPSA) is 53.0 Å². The molecule has 116 valence electrons. The smallest absolute Gasteiger partial charge is 0.150 e. The van der Waals surface area contributed by atoms with Crippen LogP contribution in [0.25, 0.3) is 0 Å². The van der Waals surface area contributed by atoms with E-state index in [1.54, 1.807) is 13.2 Å². The Kier molecular flexibility index (Phi) is 5.33. The summed E-state index contributed by atoms with van der Waals surface area (Å²) in [6, 6.07) is 5.76. The zero-order valence-corrected chi connectivity index (χ0v) is 13.0. The van der Waals surface area contributed by atoms with Crippen LogP contribution in [0.15, 0.2) is 18.2 Å². The first-order valence-corrected chi connectivity index (χ1v) is 7.22. The SMILES string of the molecule is COc1ccc(C=O)cc1CN1CC(O)CC1CN(C)C. The Hall–Kier alpha value is -1.43. The third-order valence-electron chi connectivity index (χ3n) is 3.90. The van der Waals surface area contributed by atoms with Crippen LogP contribution in [-0.2, 0) is 6.54 Å². The van der Waals surface area contributed by atoms with Gasteiger partial charge in [0.2, 0.25) is 0 Å². The van der Waals surface area contributed by atoms with E-state index in [0.29, 0.717) is 24.7 Å². The Labute approximate surface area is 126 Å². The summed E-state index contributed by atoms with van der Waals surface area (Å²) in [4.78, 5) is 15.4. The molecule has 1 heterocycles. The predicted octanol–water partition coefficient (Wildman–Crippen LogP) is 1.00. The van der Waals surface area contributed by atoms with E-state index >= 15 is 0 Å². The lowest BCUT2D eigenvalue weighted by Crippen LogP contribution is -2.37. The first-order valence-electron chi connectivity index (χ1n) is 7.22. The van der Waals surface area contributed by atoms with E-state index in [1.165, 1.54) is 0 Å². The molecule has 0 spiro atoms. The molecule has 5 nitrogen and oxygen atoms in total. The van der Waals surface area contributed by atoms with Crippen molar-refractivity contribution in [2.24, 2.45) is 0 Å². The fraction of sp³-hybridized carbons (Fsp3) is 0.562. The molecule has 1 aromatic rings.